The number of hydrogen-bond acceptors (Lipinski definition) is 3. The van der Waals surface area contributed by atoms with Gasteiger partial charge in [-0.05, 0) is 38.3 Å². The summed E-state index contributed by atoms with van der Waals surface area (Å²) in [7, 11) is 0. The molecule has 17 heavy (non-hydrogen) atoms. The first-order valence-corrected chi connectivity index (χ1v) is 6.43. The van der Waals surface area contributed by atoms with Crippen LogP contribution in [0.1, 0.15) is 26.2 Å². The predicted octanol–water partition coefficient (Wildman–Crippen LogP) is 3.31. The highest BCUT2D eigenvalue weighted by atomic mass is 35.5. The minimum absolute atomic E-state index is 0.265. The topological polar surface area (TPSA) is 41.5 Å². The summed E-state index contributed by atoms with van der Waals surface area (Å²) in [6.45, 7) is 3.67. The summed E-state index contributed by atoms with van der Waals surface area (Å²) in [6, 6.07) is 5.69. The van der Waals surface area contributed by atoms with Crippen molar-refractivity contribution in [2.24, 2.45) is 0 Å². The maximum Gasteiger partial charge on any atom is 0.160 e. The van der Waals surface area contributed by atoms with E-state index in [0.29, 0.717) is 11.6 Å². The molecule has 0 saturated carbocycles. The maximum absolute atomic E-state index is 8.68. The standard InChI is InChI=1S/C13H20ClNO2/c1-2-17-13-11(14)7-6-8-12(13)15-9-4-3-5-10-16/h6-8,15-16H,2-5,9-10H2,1H3. The minimum Gasteiger partial charge on any atom is -0.490 e. The van der Waals surface area contributed by atoms with Gasteiger partial charge in [-0.3, -0.25) is 0 Å². The quantitative estimate of drug-likeness (QED) is 0.702. The molecule has 1 rings (SSSR count). The normalized spacial score (nSPS) is 10.3. The van der Waals surface area contributed by atoms with E-state index in [1.54, 1.807) is 0 Å². The van der Waals surface area contributed by atoms with E-state index in [-0.39, 0.29) is 6.61 Å². The molecule has 0 atom stereocenters. The van der Waals surface area contributed by atoms with Crippen molar-refractivity contribution in [2.45, 2.75) is 26.2 Å². The zero-order valence-corrected chi connectivity index (χ0v) is 11.0. The van der Waals surface area contributed by atoms with Gasteiger partial charge in [0.1, 0.15) is 0 Å². The number of hydrogen-bond donors (Lipinski definition) is 2. The molecule has 0 fully saturated rings. The number of anilines is 1. The highest BCUT2D eigenvalue weighted by Crippen LogP contribution is 2.32. The van der Waals surface area contributed by atoms with Crippen molar-refractivity contribution in [2.75, 3.05) is 25.1 Å². The number of aliphatic hydroxyl groups excluding tert-OH is 1. The highest BCUT2D eigenvalue weighted by Gasteiger charge is 2.06. The van der Waals surface area contributed by atoms with Crippen molar-refractivity contribution in [3.8, 4) is 5.75 Å². The van der Waals surface area contributed by atoms with Crippen LogP contribution in [0, 0.1) is 0 Å². The molecular weight excluding hydrogens is 238 g/mol. The lowest BCUT2D eigenvalue weighted by atomic mass is 10.2. The van der Waals surface area contributed by atoms with E-state index in [1.165, 1.54) is 0 Å². The Morgan fingerprint density at radius 3 is 2.82 bits per heavy atom. The number of halogens is 1. The van der Waals surface area contributed by atoms with Crippen LogP contribution in [0.2, 0.25) is 5.02 Å². The van der Waals surface area contributed by atoms with Crippen LogP contribution in [0.25, 0.3) is 0 Å². The van der Waals surface area contributed by atoms with Gasteiger partial charge in [-0.25, -0.2) is 0 Å². The molecule has 0 aliphatic carbocycles. The Kier molecular flexibility index (Phi) is 6.82. The fourth-order valence-electron chi connectivity index (χ4n) is 1.58. The Morgan fingerprint density at radius 2 is 2.12 bits per heavy atom. The van der Waals surface area contributed by atoms with Gasteiger partial charge >= 0.3 is 0 Å². The third-order valence-corrected chi connectivity index (χ3v) is 2.70. The smallest absolute Gasteiger partial charge is 0.160 e. The van der Waals surface area contributed by atoms with E-state index in [2.05, 4.69) is 5.32 Å². The molecular formula is C13H20ClNO2. The summed E-state index contributed by atoms with van der Waals surface area (Å²) >= 11 is 6.07. The SMILES string of the molecule is CCOc1c(Cl)cccc1NCCCCCO. The van der Waals surface area contributed by atoms with Gasteiger partial charge in [-0.15, -0.1) is 0 Å². The van der Waals surface area contributed by atoms with E-state index in [9.17, 15) is 0 Å². The zero-order valence-electron chi connectivity index (χ0n) is 10.2. The average Bonchev–Trinajstić information content (AvgIpc) is 2.33. The van der Waals surface area contributed by atoms with Crippen molar-refractivity contribution < 1.29 is 9.84 Å². The summed E-state index contributed by atoms with van der Waals surface area (Å²) in [4.78, 5) is 0. The number of aliphatic hydroxyl groups is 1. The molecule has 0 aliphatic heterocycles. The lowest BCUT2D eigenvalue weighted by molar-refractivity contribution is 0.283. The maximum atomic E-state index is 8.68. The Balaban J connectivity index is 2.48. The van der Waals surface area contributed by atoms with Crippen molar-refractivity contribution in [1.29, 1.82) is 0 Å². The van der Waals surface area contributed by atoms with Crippen molar-refractivity contribution >= 4 is 17.3 Å². The van der Waals surface area contributed by atoms with Gasteiger partial charge in [-0.1, -0.05) is 17.7 Å². The molecule has 96 valence electrons. The fourth-order valence-corrected chi connectivity index (χ4v) is 1.80. The molecule has 1 aromatic rings. The molecule has 0 amide bonds. The Labute approximate surface area is 108 Å². The second kappa shape index (κ2) is 8.20. The van der Waals surface area contributed by atoms with E-state index < -0.39 is 0 Å². The number of rotatable bonds is 8. The van der Waals surface area contributed by atoms with Gasteiger partial charge < -0.3 is 15.2 Å². The second-order valence-corrected chi connectivity index (χ2v) is 4.17. The largest absolute Gasteiger partial charge is 0.490 e. The van der Waals surface area contributed by atoms with Crippen LogP contribution in [-0.2, 0) is 0 Å². The number of benzene rings is 1. The van der Waals surface area contributed by atoms with Crippen molar-refractivity contribution in [3.63, 3.8) is 0 Å². The molecule has 4 heteroatoms. The summed E-state index contributed by atoms with van der Waals surface area (Å²) in [5.41, 5.74) is 0.934. The summed E-state index contributed by atoms with van der Waals surface area (Å²) < 4.78 is 5.51. The molecule has 2 N–H and O–H groups in total. The van der Waals surface area contributed by atoms with Gasteiger partial charge in [0.15, 0.2) is 5.75 Å². The van der Waals surface area contributed by atoms with Crippen LogP contribution in [0.5, 0.6) is 5.75 Å². The lowest BCUT2D eigenvalue weighted by Gasteiger charge is -2.13. The molecule has 0 aliphatic rings. The highest BCUT2D eigenvalue weighted by molar-refractivity contribution is 6.32. The van der Waals surface area contributed by atoms with E-state index in [4.69, 9.17) is 21.4 Å². The Morgan fingerprint density at radius 1 is 1.29 bits per heavy atom. The first-order valence-electron chi connectivity index (χ1n) is 6.05. The van der Waals surface area contributed by atoms with Crippen LogP contribution in [0.4, 0.5) is 5.69 Å². The van der Waals surface area contributed by atoms with Crippen molar-refractivity contribution in [3.05, 3.63) is 23.2 Å². The molecule has 0 bridgehead atoms. The second-order valence-electron chi connectivity index (χ2n) is 3.76. The monoisotopic (exact) mass is 257 g/mol. The summed E-state index contributed by atoms with van der Waals surface area (Å²) in [5, 5.41) is 12.6. The molecule has 0 unspecified atom stereocenters. The molecule has 0 heterocycles. The van der Waals surface area contributed by atoms with Gasteiger partial charge in [0.2, 0.25) is 0 Å². The van der Waals surface area contributed by atoms with E-state index in [1.807, 2.05) is 25.1 Å². The zero-order chi connectivity index (χ0) is 12.5. The third-order valence-electron chi connectivity index (χ3n) is 2.41. The first-order chi connectivity index (χ1) is 8.29. The van der Waals surface area contributed by atoms with Crippen molar-refractivity contribution in [1.82, 2.24) is 0 Å². The Hall–Kier alpha value is -0.930. The predicted molar refractivity (Wildman–Crippen MR) is 72.0 cm³/mol. The summed E-state index contributed by atoms with van der Waals surface area (Å²) in [6.07, 6.45) is 2.90. The fraction of sp³-hybridized carbons (Fsp3) is 0.538. The number of ether oxygens (including phenoxy) is 1. The van der Waals surface area contributed by atoms with E-state index >= 15 is 0 Å². The van der Waals surface area contributed by atoms with Gasteiger partial charge in [0, 0.05) is 13.2 Å². The first kappa shape index (κ1) is 14.1. The molecule has 0 spiro atoms. The summed E-state index contributed by atoms with van der Waals surface area (Å²) in [5.74, 6) is 0.721. The third kappa shape index (κ3) is 4.84. The molecule has 0 saturated heterocycles. The van der Waals surface area contributed by atoms with Crippen LogP contribution in [-0.4, -0.2) is 24.9 Å². The number of para-hydroxylation sites is 1. The van der Waals surface area contributed by atoms with Gasteiger partial charge in [0.05, 0.1) is 17.3 Å². The van der Waals surface area contributed by atoms with Crippen LogP contribution in [0.15, 0.2) is 18.2 Å². The minimum atomic E-state index is 0.265. The molecule has 0 radical (unpaired) electrons. The average molecular weight is 258 g/mol. The van der Waals surface area contributed by atoms with Crippen LogP contribution < -0.4 is 10.1 Å². The van der Waals surface area contributed by atoms with Crippen LogP contribution >= 0.6 is 11.6 Å². The lowest BCUT2D eigenvalue weighted by Crippen LogP contribution is -2.04. The van der Waals surface area contributed by atoms with Gasteiger partial charge in [-0.2, -0.15) is 0 Å². The van der Waals surface area contributed by atoms with Crippen LogP contribution in [0.3, 0.4) is 0 Å². The molecule has 1 aromatic carbocycles. The number of unbranched alkanes of at least 4 members (excludes halogenated alkanes) is 2. The van der Waals surface area contributed by atoms with E-state index in [0.717, 1.165) is 37.2 Å². The number of nitrogens with one attached hydrogen (secondary N) is 1. The Bertz CT molecular complexity index is 331. The van der Waals surface area contributed by atoms with Gasteiger partial charge in [0.25, 0.3) is 0 Å². The molecule has 0 aromatic heterocycles. The molecule has 3 nitrogen and oxygen atoms in total.